The van der Waals surface area contributed by atoms with Crippen LogP contribution in [-0.2, 0) is 0 Å². The number of methoxy groups -OCH3 is 1. The second kappa shape index (κ2) is 8.60. The molecule has 7 heteroatoms. The van der Waals surface area contributed by atoms with Crippen molar-refractivity contribution in [2.45, 2.75) is 13.8 Å². The van der Waals surface area contributed by atoms with Crippen LogP contribution < -0.4 is 15.8 Å². The Labute approximate surface area is 135 Å². The van der Waals surface area contributed by atoms with E-state index >= 15 is 0 Å². The van der Waals surface area contributed by atoms with Crippen molar-refractivity contribution < 1.29 is 14.3 Å². The second-order valence-corrected chi connectivity index (χ2v) is 5.09. The van der Waals surface area contributed by atoms with E-state index in [1.54, 1.807) is 0 Å². The number of benzene rings is 1. The van der Waals surface area contributed by atoms with Crippen molar-refractivity contribution in [1.82, 2.24) is 10.2 Å². The molecule has 0 aliphatic rings. The Morgan fingerprint density at radius 1 is 1.27 bits per heavy atom. The fraction of sp³-hybridized carbons (Fsp3) is 0.467. The first-order valence-corrected chi connectivity index (χ1v) is 7.50. The molecule has 0 bridgehead atoms. The van der Waals surface area contributed by atoms with Crippen LogP contribution in [0.25, 0.3) is 0 Å². The molecule has 0 aromatic heterocycles. The minimum atomic E-state index is -0.670. The largest absolute Gasteiger partial charge is 0.496 e. The highest BCUT2D eigenvalue weighted by molar-refractivity contribution is 6.34. The van der Waals surface area contributed by atoms with E-state index in [9.17, 15) is 9.59 Å². The minimum Gasteiger partial charge on any atom is -0.496 e. The third-order valence-electron chi connectivity index (χ3n) is 3.41. The van der Waals surface area contributed by atoms with E-state index in [1.165, 1.54) is 19.2 Å². The topological polar surface area (TPSA) is 84.7 Å². The number of hydrogen-bond donors (Lipinski definition) is 2. The van der Waals surface area contributed by atoms with Crippen LogP contribution in [0, 0.1) is 0 Å². The van der Waals surface area contributed by atoms with Gasteiger partial charge in [0.1, 0.15) is 5.75 Å². The zero-order chi connectivity index (χ0) is 16.7. The van der Waals surface area contributed by atoms with Crippen molar-refractivity contribution in [1.29, 1.82) is 0 Å². The maximum Gasteiger partial charge on any atom is 0.255 e. The number of hydrogen-bond acceptors (Lipinski definition) is 4. The first-order chi connectivity index (χ1) is 10.4. The molecule has 6 nitrogen and oxygen atoms in total. The van der Waals surface area contributed by atoms with Gasteiger partial charge in [-0.3, -0.25) is 9.59 Å². The summed E-state index contributed by atoms with van der Waals surface area (Å²) in [5, 5.41) is 2.94. The monoisotopic (exact) mass is 327 g/mol. The number of likely N-dealkylation sites (N-methyl/N-ethyl adjacent to an activating group) is 1. The first-order valence-electron chi connectivity index (χ1n) is 7.12. The number of carbonyl (C=O) groups excluding carboxylic acids is 2. The summed E-state index contributed by atoms with van der Waals surface area (Å²) in [6.07, 6.45) is 0. The Balaban J connectivity index is 2.85. The van der Waals surface area contributed by atoms with Crippen LogP contribution in [0.2, 0.25) is 5.02 Å². The van der Waals surface area contributed by atoms with Crippen LogP contribution in [0.5, 0.6) is 5.75 Å². The first kappa shape index (κ1) is 18.3. The Kier molecular flexibility index (Phi) is 7.14. The molecule has 122 valence electrons. The summed E-state index contributed by atoms with van der Waals surface area (Å²) in [4.78, 5) is 25.7. The van der Waals surface area contributed by atoms with Gasteiger partial charge >= 0.3 is 0 Å². The van der Waals surface area contributed by atoms with E-state index < -0.39 is 5.91 Å². The van der Waals surface area contributed by atoms with Crippen molar-refractivity contribution in [3.63, 3.8) is 0 Å². The number of nitrogens with two attached hydrogens (primary N) is 1. The van der Waals surface area contributed by atoms with E-state index in [0.717, 1.165) is 19.6 Å². The van der Waals surface area contributed by atoms with Gasteiger partial charge in [0.2, 0.25) is 5.91 Å². The zero-order valence-electron chi connectivity index (χ0n) is 13.1. The van der Waals surface area contributed by atoms with Crippen LogP contribution in [-0.4, -0.2) is 50.0 Å². The number of amides is 2. The van der Waals surface area contributed by atoms with Gasteiger partial charge in [0.25, 0.3) is 5.91 Å². The summed E-state index contributed by atoms with van der Waals surface area (Å²) in [5.41, 5.74) is 5.62. The van der Waals surface area contributed by atoms with Gasteiger partial charge in [-0.2, -0.15) is 0 Å². The predicted molar refractivity (Wildman–Crippen MR) is 86.6 cm³/mol. The van der Waals surface area contributed by atoms with Gasteiger partial charge in [-0.1, -0.05) is 25.4 Å². The predicted octanol–water partition coefficient (Wildman–Crippen LogP) is 1.52. The summed E-state index contributed by atoms with van der Waals surface area (Å²) in [5.74, 6) is -0.711. The lowest BCUT2D eigenvalue weighted by atomic mass is 10.1. The summed E-state index contributed by atoms with van der Waals surface area (Å²) < 4.78 is 5.14. The molecule has 1 aromatic rings. The zero-order valence-corrected chi connectivity index (χ0v) is 13.9. The number of rotatable bonds is 8. The molecule has 0 unspecified atom stereocenters. The number of nitrogens with one attached hydrogen (secondary N) is 1. The number of nitrogens with zero attached hydrogens (tertiary/aromatic N) is 1. The molecule has 0 aliphatic heterocycles. The van der Waals surface area contributed by atoms with E-state index in [4.69, 9.17) is 22.1 Å². The minimum absolute atomic E-state index is 0.123. The molecule has 1 aromatic carbocycles. The second-order valence-electron chi connectivity index (χ2n) is 4.68. The number of primary amides is 1. The van der Waals surface area contributed by atoms with Gasteiger partial charge in [-0.05, 0) is 25.2 Å². The molecule has 0 spiro atoms. The van der Waals surface area contributed by atoms with Crippen LogP contribution in [0.4, 0.5) is 0 Å². The highest BCUT2D eigenvalue weighted by Gasteiger charge is 2.18. The lowest BCUT2D eigenvalue weighted by Crippen LogP contribution is -2.35. The molecular weight excluding hydrogens is 306 g/mol. The van der Waals surface area contributed by atoms with Crippen molar-refractivity contribution in [3.05, 3.63) is 28.3 Å². The summed E-state index contributed by atoms with van der Waals surface area (Å²) in [6, 6.07) is 2.77. The molecule has 0 aliphatic carbocycles. The molecule has 1 rings (SSSR count). The molecule has 0 heterocycles. The molecule has 3 N–H and O–H groups in total. The van der Waals surface area contributed by atoms with E-state index in [1.807, 2.05) is 0 Å². The maximum absolute atomic E-state index is 12.2. The molecule has 0 saturated carbocycles. The van der Waals surface area contributed by atoms with Crippen LogP contribution in [0.1, 0.15) is 34.6 Å². The fourth-order valence-corrected chi connectivity index (χ4v) is 2.31. The summed E-state index contributed by atoms with van der Waals surface area (Å²) in [7, 11) is 1.42. The SMILES string of the molecule is CCN(CC)CCNC(=O)c1cc(Cl)c(C(N)=O)cc1OC. The smallest absolute Gasteiger partial charge is 0.255 e. The van der Waals surface area contributed by atoms with Crippen molar-refractivity contribution in [2.75, 3.05) is 33.3 Å². The number of carbonyl (C=O) groups is 2. The van der Waals surface area contributed by atoms with Gasteiger partial charge in [0.15, 0.2) is 0 Å². The molecular formula is C15H22ClN3O3. The Bertz CT molecular complexity index is 545. The molecule has 22 heavy (non-hydrogen) atoms. The average Bonchev–Trinajstić information content (AvgIpc) is 2.50. The van der Waals surface area contributed by atoms with Gasteiger partial charge in [0.05, 0.1) is 23.3 Å². The van der Waals surface area contributed by atoms with Crippen LogP contribution in [0.15, 0.2) is 12.1 Å². The fourth-order valence-electron chi connectivity index (χ4n) is 2.05. The quantitative estimate of drug-likeness (QED) is 0.758. The highest BCUT2D eigenvalue weighted by atomic mass is 35.5. The van der Waals surface area contributed by atoms with Crippen LogP contribution in [0.3, 0.4) is 0 Å². The third kappa shape index (κ3) is 4.61. The molecule has 0 saturated heterocycles. The summed E-state index contributed by atoms with van der Waals surface area (Å²) >= 11 is 5.98. The average molecular weight is 328 g/mol. The molecule has 0 atom stereocenters. The van der Waals surface area contributed by atoms with Crippen LogP contribution >= 0.6 is 11.6 Å². The summed E-state index contributed by atoms with van der Waals surface area (Å²) in [6.45, 7) is 7.25. The molecule has 0 fully saturated rings. The van der Waals surface area contributed by atoms with Gasteiger partial charge in [-0.25, -0.2) is 0 Å². The Morgan fingerprint density at radius 3 is 2.41 bits per heavy atom. The standard InChI is InChI=1S/C15H22ClN3O3/c1-4-19(5-2)7-6-18-15(21)11-8-12(16)10(14(17)20)9-13(11)22-3/h8-9H,4-7H2,1-3H3,(H2,17,20)(H,18,21). The van der Waals surface area contributed by atoms with Gasteiger partial charge in [-0.15, -0.1) is 0 Å². The van der Waals surface area contributed by atoms with E-state index in [-0.39, 0.29) is 27.8 Å². The molecule has 0 radical (unpaired) electrons. The number of halogens is 1. The maximum atomic E-state index is 12.2. The van der Waals surface area contributed by atoms with Gasteiger partial charge in [0, 0.05) is 13.1 Å². The normalized spacial score (nSPS) is 10.6. The van der Waals surface area contributed by atoms with Crippen molar-refractivity contribution in [3.8, 4) is 5.75 Å². The molecule has 2 amide bonds. The van der Waals surface area contributed by atoms with Crippen molar-refractivity contribution in [2.24, 2.45) is 5.73 Å². The third-order valence-corrected chi connectivity index (χ3v) is 3.72. The Morgan fingerprint density at radius 2 is 1.91 bits per heavy atom. The lowest BCUT2D eigenvalue weighted by Gasteiger charge is -2.18. The van der Waals surface area contributed by atoms with E-state index in [2.05, 4.69) is 24.1 Å². The van der Waals surface area contributed by atoms with Gasteiger partial charge < -0.3 is 20.7 Å². The van der Waals surface area contributed by atoms with E-state index in [0.29, 0.717) is 6.54 Å². The van der Waals surface area contributed by atoms with Crippen molar-refractivity contribution >= 4 is 23.4 Å². The highest BCUT2D eigenvalue weighted by Crippen LogP contribution is 2.26. The Hall–Kier alpha value is -1.79. The number of ether oxygens (including phenoxy) is 1. The lowest BCUT2D eigenvalue weighted by molar-refractivity contribution is 0.0943.